The zero-order chi connectivity index (χ0) is 23.2. The van der Waals surface area contributed by atoms with Crippen LogP contribution < -0.4 is 4.74 Å². The monoisotopic (exact) mass is 460 g/mol. The van der Waals surface area contributed by atoms with Gasteiger partial charge in [0.2, 0.25) is 0 Å². The minimum Gasteiger partial charge on any atom is -0.497 e. The molecular formula is C21H37O7PSi. The van der Waals surface area contributed by atoms with Crippen LogP contribution in [0.25, 0.3) is 0 Å². The fourth-order valence-corrected chi connectivity index (χ4v) is 6.62. The van der Waals surface area contributed by atoms with Crippen LogP contribution in [-0.2, 0) is 27.6 Å². The Bertz CT molecular complexity index is 718. The Balaban J connectivity index is 3.61. The molecule has 172 valence electrons. The largest absolute Gasteiger partial charge is 0.497 e. The molecule has 0 fully saturated rings. The first-order chi connectivity index (χ1) is 13.8. The number of benzene rings is 1. The van der Waals surface area contributed by atoms with Crippen molar-refractivity contribution < 1.29 is 32.3 Å². The molecule has 0 aliphatic carbocycles. The highest BCUT2D eigenvalue weighted by atomic mass is 31.2. The van der Waals surface area contributed by atoms with Gasteiger partial charge in [-0.1, -0.05) is 32.9 Å². The number of methoxy groups -OCH3 is 1. The molecule has 2 atom stereocenters. The van der Waals surface area contributed by atoms with E-state index in [9.17, 15) is 9.36 Å². The average molecular weight is 461 g/mol. The summed E-state index contributed by atoms with van der Waals surface area (Å²) >= 11 is 0. The van der Waals surface area contributed by atoms with Gasteiger partial charge in [0, 0.05) is 6.92 Å². The molecule has 0 N–H and O–H groups in total. The van der Waals surface area contributed by atoms with Crippen LogP contribution >= 0.6 is 7.60 Å². The highest BCUT2D eigenvalue weighted by Gasteiger charge is 2.50. The van der Waals surface area contributed by atoms with Crippen molar-refractivity contribution >= 4 is 21.9 Å². The van der Waals surface area contributed by atoms with Crippen molar-refractivity contribution in [1.29, 1.82) is 0 Å². The lowest BCUT2D eigenvalue weighted by Gasteiger charge is -2.42. The Kier molecular flexibility index (Phi) is 9.77. The van der Waals surface area contributed by atoms with Gasteiger partial charge in [-0.3, -0.25) is 9.36 Å². The zero-order valence-electron chi connectivity index (χ0n) is 19.7. The minimum absolute atomic E-state index is 0.171. The van der Waals surface area contributed by atoms with Gasteiger partial charge in [0.15, 0.2) is 20.3 Å². The second-order valence-corrected chi connectivity index (χ2v) is 15.3. The summed E-state index contributed by atoms with van der Waals surface area (Å²) in [5.41, 5.74) is 0.620. The molecule has 0 saturated carbocycles. The highest BCUT2D eigenvalue weighted by molar-refractivity contribution is 7.54. The van der Waals surface area contributed by atoms with Crippen molar-refractivity contribution in [2.45, 2.75) is 71.6 Å². The predicted octanol–water partition coefficient (Wildman–Crippen LogP) is 5.91. The number of rotatable bonds is 11. The smallest absolute Gasteiger partial charge is 0.362 e. The maximum absolute atomic E-state index is 13.9. The first-order valence-electron chi connectivity index (χ1n) is 10.2. The first-order valence-corrected chi connectivity index (χ1v) is 14.7. The van der Waals surface area contributed by atoms with Crippen molar-refractivity contribution in [3.63, 3.8) is 0 Å². The second-order valence-electron chi connectivity index (χ2n) is 8.45. The fourth-order valence-electron chi connectivity index (χ4n) is 2.58. The van der Waals surface area contributed by atoms with Crippen molar-refractivity contribution in [2.75, 3.05) is 20.3 Å². The summed E-state index contributed by atoms with van der Waals surface area (Å²) < 4.78 is 42.6. The summed E-state index contributed by atoms with van der Waals surface area (Å²) in [5, 5.41) is -0.171. The summed E-state index contributed by atoms with van der Waals surface area (Å²) in [7, 11) is -4.67. The maximum atomic E-state index is 13.9. The molecule has 0 saturated heterocycles. The summed E-state index contributed by atoms with van der Waals surface area (Å²) in [5.74, 6) is -0.963. The van der Waals surface area contributed by atoms with E-state index in [1.165, 1.54) is 6.92 Å². The van der Waals surface area contributed by atoms with Gasteiger partial charge in [0.25, 0.3) is 0 Å². The summed E-state index contributed by atoms with van der Waals surface area (Å²) in [6.45, 7) is 15.5. The van der Waals surface area contributed by atoms with E-state index in [-0.39, 0.29) is 18.3 Å². The van der Waals surface area contributed by atoms with Gasteiger partial charge >= 0.3 is 13.6 Å². The van der Waals surface area contributed by atoms with Crippen molar-refractivity contribution in [2.24, 2.45) is 0 Å². The van der Waals surface area contributed by atoms with E-state index in [0.717, 1.165) is 0 Å². The van der Waals surface area contributed by atoms with E-state index in [1.54, 1.807) is 45.2 Å². The van der Waals surface area contributed by atoms with Crippen LogP contribution in [0.2, 0.25) is 18.1 Å². The van der Waals surface area contributed by atoms with Crippen molar-refractivity contribution in [1.82, 2.24) is 0 Å². The molecule has 0 radical (unpaired) electrons. The van der Waals surface area contributed by atoms with Gasteiger partial charge in [-0.05, 0) is 49.7 Å². The van der Waals surface area contributed by atoms with Gasteiger partial charge < -0.3 is 22.9 Å². The van der Waals surface area contributed by atoms with Crippen LogP contribution in [0, 0.1) is 0 Å². The lowest BCUT2D eigenvalue weighted by atomic mass is 10.1. The normalized spacial score (nSPS) is 14.8. The third kappa shape index (κ3) is 6.92. The van der Waals surface area contributed by atoms with Crippen LogP contribution in [0.5, 0.6) is 5.75 Å². The molecule has 1 aromatic rings. The minimum atomic E-state index is -3.79. The van der Waals surface area contributed by atoms with Crippen LogP contribution in [-0.4, -0.2) is 40.5 Å². The number of carbonyl (C=O) groups excluding carboxylic acids is 1. The molecule has 0 spiro atoms. The van der Waals surface area contributed by atoms with Gasteiger partial charge in [0.1, 0.15) is 5.75 Å². The molecule has 0 unspecified atom stereocenters. The standard InChI is InChI=1S/C21H37O7PSi/c1-10-25-29(23,26-11-2)20(28-30(8,9)21(4,5)6)19(27-16(3)22)17-12-14-18(24-7)15-13-17/h12-15,19-20H,10-11H2,1-9H3/t19-,20-/m0/s1. The molecule has 0 heterocycles. The van der Waals surface area contributed by atoms with Crippen molar-refractivity contribution in [3.05, 3.63) is 29.8 Å². The summed E-state index contributed by atoms with van der Waals surface area (Å²) in [4.78, 5) is 12.0. The Labute approximate surface area is 182 Å². The molecule has 0 aliphatic rings. The first kappa shape index (κ1) is 26.9. The van der Waals surface area contributed by atoms with E-state index in [0.29, 0.717) is 11.3 Å². The number of ether oxygens (including phenoxy) is 2. The Morgan fingerprint density at radius 2 is 1.57 bits per heavy atom. The van der Waals surface area contributed by atoms with E-state index in [2.05, 4.69) is 20.8 Å². The number of carbonyl (C=O) groups is 1. The SMILES string of the molecule is CCOP(=O)(OCC)[C@H](O[Si](C)(C)C(C)(C)C)[C@@H](OC(C)=O)c1ccc(OC)cc1. The topological polar surface area (TPSA) is 80.3 Å². The summed E-state index contributed by atoms with van der Waals surface area (Å²) in [6, 6.07) is 7.02. The van der Waals surface area contributed by atoms with Gasteiger partial charge in [-0.15, -0.1) is 0 Å². The molecule has 30 heavy (non-hydrogen) atoms. The maximum Gasteiger partial charge on any atom is 0.362 e. The third-order valence-electron chi connectivity index (χ3n) is 5.15. The summed E-state index contributed by atoms with van der Waals surface area (Å²) in [6.07, 6.45) is -0.966. The predicted molar refractivity (Wildman–Crippen MR) is 120 cm³/mol. The Morgan fingerprint density at radius 1 is 1.07 bits per heavy atom. The molecule has 7 nitrogen and oxygen atoms in total. The Hall–Kier alpha value is -1.18. The fraction of sp³-hybridized carbons (Fsp3) is 0.667. The number of hydrogen-bond acceptors (Lipinski definition) is 7. The van der Waals surface area contributed by atoms with Gasteiger partial charge in [0.05, 0.1) is 20.3 Å². The van der Waals surface area contributed by atoms with E-state index >= 15 is 0 Å². The number of hydrogen-bond donors (Lipinski definition) is 0. The molecule has 0 amide bonds. The van der Waals surface area contributed by atoms with E-state index in [4.69, 9.17) is 22.9 Å². The van der Waals surface area contributed by atoms with Gasteiger partial charge in [-0.2, -0.15) is 0 Å². The van der Waals surface area contributed by atoms with E-state index < -0.39 is 33.8 Å². The van der Waals surface area contributed by atoms with Gasteiger partial charge in [-0.25, -0.2) is 0 Å². The molecule has 1 rings (SSSR count). The highest BCUT2D eigenvalue weighted by Crippen LogP contribution is 2.60. The molecule has 1 aromatic carbocycles. The Morgan fingerprint density at radius 3 is 1.93 bits per heavy atom. The van der Waals surface area contributed by atoms with Crippen LogP contribution in [0.3, 0.4) is 0 Å². The molecule has 9 heteroatoms. The molecule has 0 aliphatic heterocycles. The molecular weight excluding hydrogens is 423 g/mol. The molecule has 0 bridgehead atoms. The zero-order valence-corrected chi connectivity index (χ0v) is 21.6. The van der Waals surface area contributed by atoms with Crippen LogP contribution in [0.15, 0.2) is 24.3 Å². The van der Waals surface area contributed by atoms with Crippen LogP contribution in [0.1, 0.15) is 53.2 Å². The molecule has 0 aromatic heterocycles. The average Bonchev–Trinajstić information content (AvgIpc) is 2.64. The van der Waals surface area contributed by atoms with Crippen molar-refractivity contribution in [3.8, 4) is 5.75 Å². The van der Waals surface area contributed by atoms with Crippen LogP contribution in [0.4, 0.5) is 0 Å². The number of esters is 1. The van der Waals surface area contributed by atoms with E-state index in [1.807, 2.05) is 13.1 Å². The lowest BCUT2D eigenvalue weighted by molar-refractivity contribution is -0.150. The second kappa shape index (κ2) is 10.9. The lowest BCUT2D eigenvalue weighted by Crippen LogP contribution is -2.46. The third-order valence-corrected chi connectivity index (χ3v) is 12.0. The quantitative estimate of drug-likeness (QED) is 0.231.